The van der Waals surface area contributed by atoms with Crippen LogP contribution >= 0.6 is 30.9 Å². The highest BCUT2D eigenvalue weighted by atomic mass is 32.4. The van der Waals surface area contributed by atoms with Crippen molar-refractivity contribution in [1.82, 2.24) is 0 Å². The highest BCUT2D eigenvalue weighted by Crippen LogP contribution is 2.61. The Morgan fingerprint density at radius 1 is 1.00 bits per heavy atom. The van der Waals surface area contributed by atoms with E-state index in [9.17, 15) is 0 Å². The molecule has 0 aromatic rings. The van der Waals surface area contributed by atoms with Crippen molar-refractivity contribution >= 4 is 49.8 Å². The molecule has 0 spiro atoms. The number of thiocarbonyl (C=S) groups is 1. The molecule has 5 heteroatoms. The molecule has 0 aromatic heterocycles. The van der Waals surface area contributed by atoms with E-state index in [1.54, 1.807) is 0 Å². The zero-order valence-corrected chi connectivity index (χ0v) is 16.8. The largest absolute Gasteiger partial charge is 0.141 e. The third-order valence-corrected chi connectivity index (χ3v) is 18.5. The van der Waals surface area contributed by atoms with Crippen molar-refractivity contribution in [3.8, 4) is 0 Å². The second kappa shape index (κ2) is 5.52. The molecule has 16 heavy (non-hydrogen) atoms. The average molecular weight is 311 g/mol. The molecule has 0 aliphatic carbocycles. The molecule has 0 aromatic carbocycles. The summed E-state index contributed by atoms with van der Waals surface area (Å²) < 4.78 is 1.35. The van der Waals surface area contributed by atoms with Gasteiger partial charge in [-0.25, -0.2) is 0 Å². The van der Waals surface area contributed by atoms with Gasteiger partial charge in [0.1, 0.15) is 7.22 Å². The molecule has 0 radical (unpaired) electrons. The summed E-state index contributed by atoms with van der Waals surface area (Å²) in [6.07, 6.45) is 0. The number of rotatable bonds is 3. The van der Waals surface area contributed by atoms with Crippen LogP contribution in [0.25, 0.3) is 0 Å². The van der Waals surface area contributed by atoms with E-state index in [1.807, 2.05) is 0 Å². The molecule has 0 bridgehead atoms. The summed E-state index contributed by atoms with van der Waals surface area (Å²) in [5.41, 5.74) is 0. The molecular weight excluding hydrogens is 283 g/mol. The van der Waals surface area contributed by atoms with Crippen molar-refractivity contribution in [2.45, 2.75) is 65.2 Å². The first-order valence-electron chi connectivity index (χ1n) is 5.78. The van der Waals surface area contributed by atoms with Crippen LogP contribution in [0.15, 0.2) is 0 Å². The van der Waals surface area contributed by atoms with E-state index in [1.165, 1.54) is 3.94 Å². The van der Waals surface area contributed by atoms with Gasteiger partial charge in [0, 0.05) is 0 Å². The Hall–Kier alpha value is 1.30. The van der Waals surface area contributed by atoms with E-state index in [0.717, 1.165) is 0 Å². The van der Waals surface area contributed by atoms with Gasteiger partial charge in [0.15, 0.2) is 0 Å². The molecule has 1 atom stereocenters. The Morgan fingerprint density at radius 3 is 1.56 bits per heavy atom. The van der Waals surface area contributed by atoms with Crippen molar-refractivity contribution in [3.05, 3.63) is 0 Å². The maximum Gasteiger partial charge on any atom is 0.115 e. The fourth-order valence-corrected chi connectivity index (χ4v) is 28.5. The molecule has 0 heterocycles. The van der Waals surface area contributed by atoms with Crippen LogP contribution in [0.4, 0.5) is 0 Å². The molecule has 0 N–H and O–H groups in total. The molecule has 0 rings (SSSR count). The smallest absolute Gasteiger partial charge is 0.115 e. The lowest BCUT2D eigenvalue weighted by atomic mass is 10.3. The summed E-state index contributed by atoms with van der Waals surface area (Å²) >= 11 is 7.83. The van der Waals surface area contributed by atoms with Crippen LogP contribution in [-0.2, 0) is 0 Å². The van der Waals surface area contributed by atoms with Crippen LogP contribution in [0.5, 0.6) is 0 Å². The fraction of sp³-hybridized carbons (Fsp3) is 0.909. The third kappa shape index (κ3) is 6.29. The van der Waals surface area contributed by atoms with Crippen molar-refractivity contribution in [2.24, 2.45) is 0 Å². The fourth-order valence-electron chi connectivity index (χ4n) is 1.86. The molecule has 1 unspecified atom stereocenters. The monoisotopic (exact) mass is 310 g/mol. The molecular formula is C11H27PS2Si2. The Balaban J connectivity index is 5.03. The van der Waals surface area contributed by atoms with Crippen LogP contribution in [-0.4, -0.2) is 24.1 Å². The van der Waals surface area contributed by atoms with Crippen molar-refractivity contribution in [2.75, 3.05) is 0 Å². The molecule has 0 aliphatic heterocycles. The molecule has 0 nitrogen and oxygen atoms in total. The van der Waals surface area contributed by atoms with Crippen LogP contribution in [0.2, 0.25) is 39.3 Å². The quantitative estimate of drug-likeness (QED) is 0.358. The normalized spacial score (nSPS) is 16.1. The van der Waals surface area contributed by atoms with Gasteiger partial charge >= 0.3 is 0 Å². The SMILES string of the molecule is CC(C)(C)P(C(=S)S[Si](C)(C)C)[Si](C)(C)C. The molecule has 0 saturated heterocycles. The lowest BCUT2D eigenvalue weighted by molar-refractivity contribution is 0.796. The molecule has 0 amide bonds. The molecule has 0 saturated carbocycles. The van der Waals surface area contributed by atoms with Gasteiger partial charge in [-0.05, 0) is 5.16 Å². The van der Waals surface area contributed by atoms with Gasteiger partial charge in [-0.15, -0.1) is 11.2 Å². The van der Waals surface area contributed by atoms with Crippen molar-refractivity contribution in [3.63, 3.8) is 0 Å². The van der Waals surface area contributed by atoms with E-state index >= 15 is 0 Å². The van der Waals surface area contributed by atoms with E-state index < -0.39 is 15.0 Å². The highest BCUT2D eigenvalue weighted by Gasteiger charge is 2.39. The van der Waals surface area contributed by atoms with Gasteiger partial charge in [-0.2, -0.15) is 0 Å². The van der Waals surface area contributed by atoms with E-state index in [4.69, 9.17) is 12.2 Å². The Kier molecular flexibility index (Phi) is 5.97. The van der Waals surface area contributed by atoms with Gasteiger partial charge in [0.05, 0.1) is 11.7 Å². The van der Waals surface area contributed by atoms with Gasteiger partial charge in [-0.3, -0.25) is 0 Å². The second-order valence-electron chi connectivity index (χ2n) is 7.16. The van der Waals surface area contributed by atoms with Crippen molar-refractivity contribution in [1.29, 1.82) is 0 Å². The van der Waals surface area contributed by atoms with E-state index in [-0.39, 0.29) is 7.47 Å². The van der Waals surface area contributed by atoms with Gasteiger partial charge < -0.3 is 0 Å². The lowest BCUT2D eigenvalue weighted by Crippen LogP contribution is -2.33. The third-order valence-electron chi connectivity index (χ3n) is 1.92. The average Bonchev–Trinajstić information content (AvgIpc) is 1.70. The maximum atomic E-state index is 5.78. The summed E-state index contributed by atoms with van der Waals surface area (Å²) in [4.78, 5) is 0. The van der Waals surface area contributed by atoms with Crippen LogP contribution in [0.1, 0.15) is 20.8 Å². The summed E-state index contributed by atoms with van der Waals surface area (Å²) in [6, 6.07) is 0. The zero-order chi connectivity index (χ0) is 13.4. The molecule has 96 valence electrons. The van der Waals surface area contributed by atoms with Gasteiger partial charge in [0.25, 0.3) is 0 Å². The van der Waals surface area contributed by atoms with E-state index in [2.05, 4.69) is 71.3 Å². The Morgan fingerprint density at radius 2 is 1.38 bits per heavy atom. The highest BCUT2D eigenvalue weighted by molar-refractivity contribution is 8.54. The van der Waals surface area contributed by atoms with Gasteiger partial charge in [0.2, 0.25) is 0 Å². The first-order valence-corrected chi connectivity index (χ1v) is 16.9. The minimum absolute atomic E-state index is 0.100. The number of hydrogen-bond acceptors (Lipinski definition) is 2. The lowest BCUT2D eigenvalue weighted by Gasteiger charge is -2.41. The maximum absolute atomic E-state index is 5.78. The minimum atomic E-state index is -1.16. The predicted octanol–water partition coefficient (Wildman–Crippen LogP) is 5.95. The second-order valence-corrected chi connectivity index (χ2v) is 29.7. The van der Waals surface area contributed by atoms with Crippen LogP contribution in [0, 0.1) is 0 Å². The first kappa shape index (κ1) is 17.3. The number of hydrogen-bond donors (Lipinski definition) is 0. The zero-order valence-electron chi connectivity index (χ0n) is 12.3. The van der Waals surface area contributed by atoms with Crippen LogP contribution < -0.4 is 0 Å². The summed E-state index contributed by atoms with van der Waals surface area (Å²) in [5.74, 6) is 0. The predicted molar refractivity (Wildman–Crippen MR) is 93.6 cm³/mol. The van der Waals surface area contributed by atoms with Crippen LogP contribution in [0.3, 0.4) is 0 Å². The standard InChI is InChI=1S/C11H27PS2Si2/c1-11(2,3)12(15(4,5)6)10(13)14-16(7,8)9/h1-9H3. The summed E-state index contributed by atoms with van der Waals surface area (Å²) in [5, 5.41) is 0.379. The van der Waals surface area contributed by atoms with E-state index in [0.29, 0.717) is 5.16 Å². The summed E-state index contributed by atoms with van der Waals surface area (Å²) in [6.45, 7) is 21.7. The Bertz CT molecular complexity index is 245. The molecule has 0 aliphatic rings. The Labute approximate surface area is 115 Å². The summed E-state index contributed by atoms with van der Waals surface area (Å²) in [7, 11) is -2.39. The molecule has 0 fully saturated rings. The van der Waals surface area contributed by atoms with Gasteiger partial charge in [-0.1, -0.05) is 79.7 Å². The minimum Gasteiger partial charge on any atom is -0.141 e. The van der Waals surface area contributed by atoms with Crippen molar-refractivity contribution < 1.29 is 0 Å². The first-order chi connectivity index (χ1) is 6.75. The topological polar surface area (TPSA) is 0 Å².